The van der Waals surface area contributed by atoms with Gasteiger partial charge >= 0.3 is 0 Å². The quantitative estimate of drug-likeness (QED) is 0.649. The van der Waals surface area contributed by atoms with Crippen molar-refractivity contribution in [1.82, 2.24) is 24.3 Å². The van der Waals surface area contributed by atoms with Crippen LogP contribution in [-0.4, -0.2) is 58.9 Å². The highest BCUT2D eigenvalue weighted by Gasteiger charge is 2.27. The minimum absolute atomic E-state index is 0.0334. The number of aryl methyl sites for hydroxylation is 1. The molecule has 0 radical (unpaired) electrons. The Hall–Kier alpha value is -2.78. The molecule has 0 aliphatic carbocycles. The number of rotatable bonds is 5. The first-order chi connectivity index (χ1) is 13.5. The van der Waals surface area contributed by atoms with E-state index in [2.05, 4.69) is 20.2 Å². The van der Waals surface area contributed by atoms with Crippen molar-refractivity contribution in [2.75, 3.05) is 31.1 Å². The SMILES string of the molecule is Cc1ccc(CS(=O)(=O)N2CCN(c3ccc(-n4cccn4)nn3)CC2)cc1. The van der Waals surface area contributed by atoms with Crippen LogP contribution in [0.2, 0.25) is 0 Å². The molecule has 1 saturated heterocycles. The third-order valence-electron chi connectivity index (χ3n) is 4.80. The first-order valence-electron chi connectivity index (χ1n) is 9.13. The Labute approximate surface area is 164 Å². The molecular weight excluding hydrogens is 376 g/mol. The number of sulfonamides is 1. The van der Waals surface area contributed by atoms with E-state index < -0.39 is 10.0 Å². The summed E-state index contributed by atoms with van der Waals surface area (Å²) < 4.78 is 28.7. The summed E-state index contributed by atoms with van der Waals surface area (Å²) in [5.41, 5.74) is 1.93. The zero-order valence-electron chi connectivity index (χ0n) is 15.6. The van der Waals surface area contributed by atoms with Crippen LogP contribution in [0.25, 0.3) is 5.82 Å². The third-order valence-corrected chi connectivity index (χ3v) is 6.65. The van der Waals surface area contributed by atoms with Crippen LogP contribution in [0, 0.1) is 6.92 Å². The standard InChI is InChI=1S/C19H22N6O2S/c1-16-3-5-17(6-4-16)15-28(26,27)24-13-11-23(12-14-24)18-7-8-19(22-21-18)25-10-2-9-20-25/h2-10H,11-15H2,1H3. The van der Waals surface area contributed by atoms with Crippen molar-refractivity contribution in [1.29, 1.82) is 0 Å². The van der Waals surface area contributed by atoms with E-state index >= 15 is 0 Å². The Balaban J connectivity index is 1.38. The molecule has 1 aromatic carbocycles. The molecule has 28 heavy (non-hydrogen) atoms. The van der Waals surface area contributed by atoms with Crippen molar-refractivity contribution >= 4 is 15.8 Å². The molecule has 146 valence electrons. The fourth-order valence-electron chi connectivity index (χ4n) is 3.19. The second-order valence-electron chi connectivity index (χ2n) is 6.83. The van der Waals surface area contributed by atoms with Gasteiger partial charge in [0.2, 0.25) is 10.0 Å². The molecule has 4 rings (SSSR count). The second kappa shape index (κ2) is 7.69. The molecule has 0 N–H and O–H groups in total. The molecule has 0 atom stereocenters. The molecular formula is C19H22N6O2S. The lowest BCUT2D eigenvalue weighted by Gasteiger charge is -2.34. The molecule has 3 aromatic rings. The Morgan fingerprint density at radius 2 is 1.61 bits per heavy atom. The monoisotopic (exact) mass is 398 g/mol. The van der Waals surface area contributed by atoms with Crippen molar-refractivity contribution in [3.63, 3.8) is 0 Å². The van der Waals surface area contributed by atoms with Gasteiger partial charge in [0.05, 0.1) is 5.75 Å². The summed E-state index contributed by atoms with van der Waals surface area (Å²) in [7, 11) is -3.33. The summed E-state index contributed by atoms with van der Waals surface area (Å²) in [6, 6.07) is 13.2. The lowest BCUT2D eigenvalue weighted by Crippen LogP contribution is -2.49. The lowest BCUT2D eigenvalue weighted by molar-refractivity contribution is 0.383. The molecule has 2 aromatic heterocycles. The highest BCUT2D eigenvalue weighted by Crippen LogP contribution is 2.18. The van der Waals surface area contributed by atoms with Gasteiger partial charge in [0.15, 0.2) is 11.6 Å². The van der Waals surface area contributed by atoms with Gasteiger partial charge in [-0.1, -0.05) is 29.8 Å². The van der Waals surface area contributed by atoms with Gasteiger partial charge in [-0.15, -0.1) is 10.2 Å². The molecule has 0 unspecified atom stereocenters. The summed E-state index contributed by atoms with van der Waals surface area (Å²) >= 11 is 0. The van der Waals surface area contributed by atoms with Gasteiger partial charge in [0.1, 0.15) is 0 Å². The van der Waals surface area contributed by atoms with Crippen molar-refractivity contribution < 1.29 is 8.42 Å². The zero-order valence-corrected chi connectivity index (χ0v) is 16.5. The van der Waals surface area contributed by atoms with E-state index in [9.17, 15) is 8.42 Å². The molecule has 0 saturated carbocycles. The van der Waals surface area contributed by atoms with E-state index in [-0.39, 0.29) is 5.75 Å². The number of hydrogen-bond acceptors (Lipinski definition) is 6. The molecule has 9 heteroatoms. The van der Waals surface area contributed by atoms with E-state index in [1.54, 1.807) is 21.4 Å². The number of piperazine rings is 1. The predicted molar refractivity (Wildman–Crippen MR) is 107 cm³/mol. The van der Waals surface area contributed by atoms with Crippen molar-refractivity contribution in [2.45, 2.75) is 12.7 Å². The van der Waals surface area contributed by atoms with E-state index in [0.29, 0.717) is 32.0 Å². The topological polar surface area (TPSA) is 84.2 Å². The molecule has 0 spiro atoms. The van der Waals surface area contributed by atoms with Gasteiger partial charge in [-0.2, -0.15) is 9.40 Å². The van der Waals surface area contributed by atoms with Gasteiger partial charge in [0.25, 0.3) is 0 Å². The molecule has 8 nitrogen and oxygen atoms in total. The van der Waals surface area contributed by atoms with E-state index in [1.165, 1.54) is 0 Å². The lowest BCUT2D eigenvalue weighted by atomic mass is 10.2. The molecule has 1 aliphatic rings. The van der Waals surface area contributed by atoms with E-state index in [4.69, 9.17) is 0 Å². The Morgan fingerprint density at radius 3 is 2.21 bits per heavy atom. The van der Waals surface area contributed by atoms with Gasteiger partial charge in [-0.05, 0) is 30.7 Å². The summed E-state index contributed by atoms with van der Waals surface area (Å²) in [6.07, 6.45) is 3.49. The van der Waals surface area contributed by atoms with Crippen LogP contribution in [0.4, 0.5) is 5.82 Å². The van der Waals surface area contributed by atoms with Gasteiger partial charge < -0.3 is 4.90 Å². The number of benzene rings is 1. The summed E-state index contributed by atoms with van der Waals surface area (Å²) in [5, 5.41) is 12.6. The maximum atomic E-state index is 12.7. The van der Waals surface area contributed by atoms with Gasteiger partial charge in [0, 0.05) is 38.6 Å². The molecule has 1 aliphatic heterocycles. The van der Waals surface area contributed by atoms with Crippen LogP contribution in [0.15, 0.2) is 54.9 Å². The van der Waals surface area contributed by atoms with Crippen molar-refractivity contribution in [3.8, 4) is 5.82 Å². The molecule has 1 fully saturated rings. The summed E-state index contributed by atoms with van der Waals surface area (Å²) in [6.45, 7) is 4.04. The summed E-state index contributed by atoms with van der Waals surface area (Å²) in [4.78, 5) is 2.05. The van der Waals surface area contributed by atoms with Crippen LogP contribution in [0.1, 0.15) is 11.1 Å². The maximum Gasteiger partial charge on any atom is 0.218 e. The molecule has 3 heterocycles. The number of aromatic nitrogens is 4. The van der Waals surface area contributed by atoms with Crippen LogP contribution >= 0.6 is 0 Å². The first-order valence-corrected chi connectivity index (χ1v) is 10.7. The maximum absolute atomic E-state index is 12.7. The highest BCUT2D eigenvalue weighted by molar-refractivity contribution is 7.88. The highest BCUT2D eigenvalue weighted by atomic mass is 32.2. The van der Waals surface area contributed by atoms with Crippen LogP contribution in [0.3, 0.4) is 0 Å². The smallest absolute Gasteiger partial charge is 0.218 e. The Kier molecular flexibility index (Phi) is 5.10. The Bertz CT molecular complexity index is 1010. The Morgan fingerprint density at radius 1 is 0.929 bits per heavy atom. The van der Waals surface area contributed by atoms with Gasteiger partial charge in [-0.25, -0.2) is 13.1 Å². The van der Waals surface area contributed by atoms with Crippen LogP contribution < -0.4 is 4.90 Å². The predicted octanol–water partition coefficient (Wildman–Crippen LogP) is 1.62. The number of nitrogens with zero attached hydrogens (tertiary/aromatic N) is 6. The second-order valence-corrected chi connectivity index (χ2v) is 8.80. The van der Waals surface area contributed by atoms with Gasteiger partial charge in [-0.3, -0.25) is 0 Å². The summed E-state index contributed by atoms with van der Waals surface area (Å²) in [5.74, 6) is 1.42. The fourth-order valence-corrected chi connectivity index (χ4v) is 4.71. The van der Waals surface area contributed by atoms with Crippen molar-refractivity contribution in [3.05, 3.63) is 66.0 Å². The number of hydrogen-bond donors (Lipinski definition) is 0. The van der Waals surface area contributed by atoms with Crippen LogP contribution in [-0.2, 0) is 15.8 Å². The average molecular weight is 398 g/mol. The normalized spacial score (nSPS) is 15.7. The van der Waals surface area contributed by atoms with E-state index in [0.717, 1.165) is 16.9 Å². The minimum atomic E-state index is -3.33. The zero-order chi connectivity index (χ0) is 19.6. The fraction of sp³-hybridized carbons (Fsp3) is 0.316. The van der Waals surface area contributed by atoms with Crippen LogP contribution in [0.5, 0.6) is 0 Å². The molecule has 0 amide bonds. The number of anilines is 1. The third kappa shape index (κ3) is 4.05. The molecule has 0 bridgehead atoms. The largest absolute Gasteiger partial charge is 0.352 e. The first kappa shape index (κ1) is 18.6. The minimum Gasteiger partial charge on any atom is -0.352 e. The average Bonchev–Trinajstić information content (AvgIpc) is 3.25. The van der Waals surface area contributed by atoms with E-state index in [1.807, 2.05) is 49.4 Å². The van der Waals surface area contributed by atoms with Crippen molar-refractivity contribution in [2.24, 2.45) is 0 Å².